The highest BCUT2D eigenvalue weighted by atomic mass is 32.2. The van der Waals surface area contributed by atoms with E-state index in [1.54, 1.807) is 4.90 Å². The number of nitrogens with one attached hydrogen (secondary N) is 1. The van der Waals surface area contributed by atoms with E-state index in [1.165, 1.54) is 23.1 Å². The highest BCUT2D eigenvalue weighted by Gasteiger charge is 2.17. The number of nitriles is 1. The molecule has 0 unspecified atom stereocenters. The second kappa shape index (κ2) is 11.8. The monoisotopic (exact) mass is 487 g/mol. The van der Waals surface area contributed by atoms with Crippen molar-refractivity contribution >= 4 is 45.5 Å². The summed E-state index contributed by atoms with van der Waals surface area (Å²) >= 11 is 2.71. The van der Waals surface area contributed by atoms with Crippen LogP contribution in [-0.4, -0.2) is 28.4 Å². The molecule has 34 heavy (non-hydrogen) atoms. The number of nitrogens with zero attached hydrogens (tertiary/aromatic N) is 4. The van der Waals surface area contributed by atoms with Crippen molar-refractivity contribution in [1.29, 1.82) is 5.26 Å². The third-order valence-corrected chi connectivity index (χ3v) is 6.58. The van der Waals surface area contributed by atoms with E-state index in [-0.39, 0.29) is 18.1 Å². The molecule has 3 aromatic carbocycles. The molecule has 1 N–H and O–H groups in total. The zero-order chi connectivity index (χ0) is 23.6. The van der Waals surface area contributed by atoms with E-state index in [4.69, 9.17) is 10.00 Å². The Morgan fingerprint density at radius 1 is 0.971 bits per heavy atom. The average Bonchev–Trinajstić information content (AvgIpc) is 3.33. The van der Waals surface area contributed by atoms with Gasteiger partial charge in [0.1, 0.15) is 11.5 Å². The summed E-state index contributed by atoms with van der Waals surface area (Å²) in [5.74, 6) is 1.65. The number of aromatic nitrogens is 2. The van der Waals surface area contributed by atoms with Crippen LogP contribution in [0.1, 0.15) is 6.42 Å². The molecular formula is C25H21N5O2S2. The van der Waals surface area contributed by atoms with Gasteiger partial charge < -0.3 is 15.0 Å². The largest absolute Gasteiger partial charge is 0.457 e. The van der Waals surface area contributed by atoms with E-state index in [1.807, 2.05) is 84.9 Å². The van der Waals surface area contributed by atoms with Gasteiger partial charge in [0.2, 0.25) is 11.0 Å². The van der Waals surface area contributed by atoms with Crippen molar-refractivity contribution in [3.63, 3.8) is 0 Å². The molecule has 0 saturated carbocycles. The number of carbonyl (C=O) groups excluding carboxylic acids is 1. The fraction of sp³-hybridized carbons (Fsp3) is 0.120. The first-order chi connectivity index (χ1) is 16.7. The lowest BCUT2D eigenvalue weighted by atomic mass is 10.2. The zero-order valence-electron chi connectivity index (χ0n) is 18.1. The van der Waals surface area contributed by atoms with E-state index in [9.17, 15) is 4.79 Å². The fourth-order valence-corrected chi connectivity index (χ4v) is 4.69. The molecule has 1 amide bonds. The van der Waals surface area contributed by atoms with Gasteiger partial charge in [0.15, 0.2) is 4.34 Å². The summed E-state index contributed by atoms with van der Waals surface area (Å²) in [7, 11) is 0. The number of rotatable bonds is 10. The van der Waals surface area contributed by atoms with Crippen LogP contribution in [0.5, 0.6) is 11.5 Å². The number of benzene rings is 3. The van der Waals surface area contributed by atoms with Crippen molar-refractivity contribution in [2.24, 2.45) is 0 Å². The number of hydrogen-bond acceptors (Lipinski definition) is 8. The molecule has 0 bridgehead atoms. The van der Waals surface area contributed by atoms with Crippen molar-refractivity contribution in [3.05, 3.63) is 84.9 Å². The molecule has 0 atom stereocenters. The Kier molecular flexibility index (Phi) is 8.11. The fourth-order valence-electron chi connectivity index (χ4n) is 3.04. The van der Waals surface area contributed by atoms with Crippen molar-refractivity contribution in [1.82, 2.24) is 10.2 Å². The normalized spacial score (nSPS) is 10.3. The maximum Gasteiger partial charge on any atom is 0.237 e. The summed E-state index contributed by atoms with van der Waals surface area (Å²) in [5.41, 5.74) is 1.64. The molecule has 7 nitrogen and oxygen atoms in total. The Bertz CT molecular complexity index is 1240. The Balaban J connectivity index is 1.31. The summed E-state index contributed by atoms with van der Waals surface area (Å²) in [5, 5.41) is 21.1. The molecule has 9 heteroatoms. The number of amides is 1. The highest BCUT2D eigenvalue weighted by molar-refractivity contribution is 8.01. The lowest BCUT2D eigenvalue weighted by Crippen LogP contribution is -2.33. The van der Waals surface area contributed by atoms with Crippen LogP contribution >= 0.6 is 23.1 Å². The van der Waals surface area contributed by atoms with Gasteiger partial charge in [0.05, 0.1) is 18.2 Å². The van der Waals surface area contributed by atoms with Crippen LogP contribution in [0.15, 0.2) is 89.3 Å². The van der Waals surface area contributed by atoms with Crippen LogP contribution in [0.25, 0.3) is 0 Å². The maximum absolute atomic E-state index is 12.8. The van der Waals surface area contributed by atoms with Gasteiger partial charge in [-0.25, -0.2) is 0 Å². The first kappa shape index (κ1) is 23.3. The summed E-state index contributed by atoms with van der Waals surface area (Å²) < 4.78 is 6.50. The number of ether oxygens (including phenoxy) is 1. The first-order valence-corrected chi connectivity index (χ1v) is 12.3. The summed E-state index contributed by atoms with van der Waals surface area (Å²) in [6, 6.07) is 28.6. The summed E-state index contributed by atoms with van der Waals surface area (Å²) in [6.45, 7) is 0.354. The van der Waals surface area contributed by atoms with E-state index < -0.39 is 0 Å². The average molecular weight is 488 g/mol. The van der Waals surface area contributed by atoms with E-state index in [0.717, 1.165) is 22.9 Å². The standard InChI is InChI=1S/C25H21N5O2S2/c26-16-7-17-30(20-8-3-1-4-9-20)23(31)18-33-25-29-28-24(34-25)27-19-12-14-22(15-13-19)32-21-10-5-2-6-11-21/h1-6,8-15H,7,17-18H2,(H,27,28). The predicted molar refractivity (Wildman–Crippen MR) is 136 cm³/mol. The van der Waals surface area contributed by atoms with E-state index >= 15 is 0 Å². The molecule has 0 saturated heterocycles. The number of hydrogen-bond donors (Lipinski definition) is 1. The minimum Gasteiger partial charge on any atom is -0.457 e. The van der Waals surface area contributed by atoms with Crippen molar-refractivity contribution in [2.45, 2.75) is 10.8 Å². The van der Waals surface area contributed by atoms with Gasteiger partial charge in [-0.1, -0.05) is 59.5 Å². The zero-order valence-corrected chi connectivity index (χ0v) is 19.8. The van der Waals surface area contributed by atoms with E-state index in [0.29, 0.717) is 16.0 Å². The highest BCUT2D eigenvalue weighted by Crippen LogP contribution is 2.29. The molecule has 0 aliphatic rings. The van der Waals surface area contributed by atoms with Crippen LogP contribution in [0.4, 0.5) is 16.5 Å². The molecule has 0 radical (unpaired) electrons. The molecule has 1 heterocycles. The van der Waals surface area contributed by atoms with Crippen LogP contribution in [-0.2, 0) is 4.79 Å². The molecule has 0 fully saturated rings. The molecule has 4 rings (SSSR count). The molecule has 4 aromatic rings. The Labute approximate surface area is 206 Å². The Morgan fingerprint density at radius 2 is 1.65 bits per heavy atom. The minimum absolute atomic E-state index is 0.0786. The molecular weight excluding hydrogens is 466 g/mol. The second-order valence-corrected chi connectivity index (χ2v) is 9.22. The van der Waals surface area contributed by atoms with Gasteiger partial charge in [-0.15, -0.1) is 10.2 Å². The lowest BCUT2D eigenvalue weighted by molar-refractivity contribution is -0.116. The lowest BCUT2D eigenvalue weighted by Gasteiger charge is -2.21. The summed E-state index contributed by atoms with van der Waals surface area (Å²) in [4.78, 5) is 14.4. The first-order valence-electron chi connectivity index (χ1n) is 10.5. The van der Waals surface area contributed by atoms with Crippen molar-refractivity contribution in [2.75, 3.05) is 22.5 Å². The number of anilines is 3. The maximum atomic E-state index is 12.8. The SMILES string of the molecule is N#CCCN(C(=O)CSc1nnc(Nc2ccc(Oc3ccccc3)cc2)s1)c1ccccc1. The van der Waals surface area contributed by atoms with Crippen molar-refractivity contribution < 1.29 is 9.53 Å². The third-order valence-electron chi connectivity index (χ3n) is 4.63. The van der Waals surface area contributed by atoms with Gasteiger partial charge >= 0.3 is 0 Å². The van der Waals surface area contributed by atoms with Crippen LogP contribution in [0, 0.1) is 11.3 Å². The van der Waals surface area contributed by atoms with Crippen molar-refractivity contribution in [3.8, 4) is 17.6 Å². The van der Waals surface area contributed by atoms with Gasteiger partial charge in [-0.3, -0.25) is 4.79 Å². The molecule has 0 aliphatic heterocycles. The quantitative estimate of drug-likeness (QED) is 0.270. The van der Waals surface area contributed by atoms with Gasteiger partial charge in [0, 0.05) is 17.9 Å². The van der Waals surface area contributed by atoms with Crippen LogP contribution in [0.2, 0.25) is 0 Å². The third kappa shape index (κ3) is 6.57. The number of para-hydroxylation sites is 2. The van der Waals surface area contributed by atoms with Gasteiger partial charge in [-0.05, 0) is 48.5 Å². The molecule has 170 valence electrons. The minimum atomic E-state index is -0.0786. The van der Waals surface area contributed by atoms with Gasteiger partial charge in [0.25, 0.3) is 0 Å². The van der Waals surface area contributed by atoms with Crippen LogP contribution in [0.3, 0.4) is 0 Å². The molecule has 0 aliphatic carbocycles. The number of carbonyl (C=O) groups is 1. The Morgan fingerprint density at radius 3 is 2.35 bits per heavy atom. The van der Waals surface area contributed by atoms with Crippen LogP contribution < -0.4 is 15.0 Å². The molecule has 1 aromatic heterocycles. The topological polar surface area (TPSA) is 91.1 Å². The Hall–Kier alpha value is -3.87. The number of thioether (sulfide) groups is 1. The van der Waals surface area contributed by atoms with E-state index in [2.05, 4.69) is 21.6 Å². The smallest absolute Gasteiger partial charge is 0.237 e. The molecule has 0 spiro atoms. The second-order valence-electron chi connectivity index (χ2n) is 7.02. The summed E-state index contributed by atoms with van der Waals surface area (Å²) in [6.07, 6.45) is 0.271. The van der Waals surface area contributed by atoms with Gasteiger partial charge in [-0.2, -0.15) is 5.26 Å². The predicted octanol–water partition coefficient (Wildman–Crippen LogP) is 6.11.